The molecule has 1 unspecified atom stereocenters. The molecule has 19 heavy (non-hydrogen) atoms. The van der Waals surface area contributed by atoms with Crippen LogP contribution < -0.4 is 5.32 Å². The van der Waals surface area contributed by atoms with Crippen molar-refractivity contribution in [2.75, 3.05) is 5.32 Å². The average molecular weight is 256 g/mol. The lowest BCUT2D eigenvalue weighted by Gasteiger charge is -2.16. The lowest BCUT2D eigenvalue weighted by molar-refractivity contribution is 0.594. The molecule has 0 saturated carbocycles. The van der Waals surface area contributed by atoms with Crippen molar-refractivity contribution in [3.05, 3.63) is 36.5 Å². The lowest BCUT2D eigenvalue weighted by atomic mass is 10.1. The van der Waals surface area contributed by atoms with Crippen LogP contribution in [-0.2, 0) is 0 Å². The zero-order chi connectivity index (χ0) is 13.5. The zero-order valence-corrected chi connectivity index (χ0v) is 12.0. The second-order valence-corrected chi connectivity index (χ2v) is 5.27. The monoisotopic (exact) mass is 256 g/mol. The Hall–Kier alpha value is -1.57. The summed E-state index contributed by atoms with van der Waals surface area (Å²) in [6, 6.07) is 10.9. The molecule has 2 rings (SSSR count). The summed E-state index contributed by atoms with van der Waals surface area (Å²) >= 11 is 0. The topological polar surface area (TPSA) is 24.9 Å². The molecule has 0 bridgehead atoms. The summed E-state index contributed by atoms with van der Waals surface area (Å²) < 4.78 is 0. The molecule has 0 radical (unpaired) electrons. The van der Waals surface area contributed by atoms with Gasteiger partial charge in [0.1, 0.15) is 0 Å². The summed E-state index contributed by atoms with van der Waals surface area (Å²) in [5.41, 5.74) is 2.26. The van der Waals surface area contributed by atoms with Crippen molar-refractivity contribution in [3.8, 4) is 0 Å². The average Bonchev–Trinajstić information content (AvgIpc) is 2.44. The van der Waals surface area contributed by atoms with E-state index in [1.165, 1.54) is 43.2 Å². The summed E-state index contributed by atoms with van der Waals surface area (Å²) in [4.78, 5) is 4.40. The number of nitrogens with one attached hydrogen (secondary N) is 1. The standard InChI is InChI=1S/C17H24N2/c1-3-4-5-6-9-14(2)19-17-12-7-11-16-15(17)10-8-13-18-16/h7-8,10-14,19H,3-6,9H2,1-2H3. The van der Waals surface area contributed by atoms with Gasteiger partial charge >= 0.3 is 0 Å². The molecule has 0 saturated heterocycles. The molecule has 2 nitrogen and oxygen atoms in total. The Morgan fingerprint density at radius 2 is 2.00 bits per heavy atom. The molecule has 0 aliphatic rings. The van der Waals surface area contributed by atoms with Crippen molar-refractivity contribution in [3.63, 3.8) is 0 Å². The van der Waals surface area contributed by atoms with Crippen molar-refractivity contribution < 1.29 is 0 Å². The van der Waals surface area contributed by atoms with E-state index in [2.05, 4.69) is 48.4 Å². The number of aromatic nitrogens is 1. The minimum atomic E-state index is 0.516. The highest BCUT2D eigenvalue weighted by Crippen LogP contribution is 2.22. The number of rotatable bonds is 7. The van der Waals surface area contributed by atoms with Gasteiger partial charge in [-0.05, 0) is 37.6 Å². The van der Waals surface area contributed by atoms with E-state index in [1.54, 1.807) is 0 Å². The van der Waals surface area contributed by atoms with E-state index in [4.69, 9.17) is 0 Å². The number of anilines is 1. The van der Waals surface area contributed by atoms with Crippen LogP contribution in [0.4, 0.5) is 5.69 Å². The second-order valence-electron chi connectivity index (χ2n) is 5.27. The van der Waals surface area contributed by atoms with Gasteiger partial charge in [-0.25, -0.2) is 0 Å². The fraction of sp³-hybridized carbons (Fsp3) is 0.471. The Kier molecular flexibility index (Phi) is 5.20. The summed E-state index contributed by atoms with van der Waals surface area (Å²) in [6.45, 7) is 4.52. The highest BCUT2D eigenvalue weighted by molar-refractivity contribution is 5.91. The molecule has 0 amide bonds. The molecule has 0 spiro atoms. The van der Waals surface area contributed by atoms with Gasteiger partial charge in [0, 0.05) is 23.3 Å². The Morgan fingerprint density at radius 3 is 2.84 bits per heavy atom. The van der Waals surface area contributed by atoms with Crippen molar-refractivity contribution in [2.24, 2.45) is 0 Å². The van der Waals surface area contributed by atoms with Crippen molar-refractivity contribution in [1.29, 1.82) is 0 Å². The Bertz CT molecular complexity index is 502. The molecule has 102 valence electrons. The van der Waals surface area contributed by atoms with Crippen LogP contribution in [0.25, 0.3) is 10.9 Å². The molecule has 1 aromatic heterocycles. The van der Waals surface area contributed by atoms with Gasteiger partial charge < -0.3 is 5.32 Å². The van der Waals surface area contributed by atoms with Crippen LogP contribution in [-0.4, -0.2) is 11.0 Å². The van der Waals surface area contributed by atoms with E-state index in [0.717, 1.165) is 5.52 Å². The Labute approximate surface area is 116 Å². The third-order valence-electron chi connectivity index (χ3n) is 3.54. The maximum Gasteiger partial charge on any atom is 0.0722 e. The highest BCUT2D eigenvalue weighted by Gasteiger charge is 2.05. The molecule has 0 fully saturated rings. The second kappa shape index (κ2) is 7.13. The van der Waals surface area contributed by atoms with E-state index in [9.17, 15) is 0 Å². The van der Waals surface area contributed by atoms with Gasteiger partial charge in [-0.15, -0.1) is 0 Å². The predicted octanol–water partition coefficient (Wildman–Crippen LogP) is 5.01. The molecule has 1 heterocycles. The molecule has 1 aromatic carbocycles. The van der Waals surface area contributed by atoms with E-state index >= 15 is 0 Å². The first-order valence-corrected chi connectivity index (χ1v) is 7.41. The number of pyridine rings is 1. The third-order valence-corrected chi connectivity index (χ3v) is 3.54. The molecular weight excluding hydrogens is 232 g/mol. The SMILES string of the molecule is CCCCCCC(C)Nc1cccc2ncccc12. The Balaban J connectivity index is 1.97. The summed E-state index contributed by atoms with van der Waals surface area (Å²) in [5, 5.41) is 4.84. The van der Waals surface area contributed by atoms with E-state index < -0.39 is 0 Å². The number of fused-ring (bicyclic) bond motifs is 1. The van der Waals surface area contributed by atoms with Crippen molar-refractivity contribution in [2.45, 2.75) is 52.0 Å². The van der Waals surface area contributed by atoms with Gasteiger partial charge in [0.2, 0.25) is 0 Å². The maximum atomic E-state index is 4.40. The van der Waals surface area contributed by atoms with Gasteiger partial charge in [0.15, 0.2) is 0 Å². The van der Waals surface area contributed by atoms with Crippen molar-refractivity contribution in [1.82, 2.24) is 4.98 Å². The normalized spacial score (nSPS) is 12.5. The summed E-state index contributed by atoms with van der Waals surface area (Å²) in [5.74, 6) is 0. The predicted molar refractivity (Wildman–Crippen MR) is 83.6 cm³/mol. The largest absolute Gasteiger partial charge is 0.382 e. The summed E-state index contributed by atoms with van der Waals surface area (Å²) in [6.07, 6.45) is 8.39. The van der Waals surface area contributed by atoms with Crippen LogP contribution in [0.2, 0.25) is 0 Å². The van der Waals surface area contributed by atoms with E-state index in [0.29, 0.717) is 6.04 Å². The lowest BCUT2D eigenvalue weighted by Crippen LogP contribution is -2.15. The smallest absolute Gasteiger partial charge is 0.0722 e. The van der Waals surface area contributed by atoms with Crippen LogP contribution in [0, 0.1) is 0 Å². The van der Waals surface area contributed by atoms with Gasteiger partial charge in [0.05, 0.1) is 5.52 Å². The van der Waals surface area contributed by atoms with Gasteiger partial charge in [0.25, 0.3) is 0 Å². The molecule has 1 atom stereocenters. The number of benzene rings is 1. The minimum absolute atomic E-state index is 0.516. The van der Waals surface area contributed by atoms with Gasteiger partial charge in [-0.3, -0.25) is 4.98 Å². The van der Waals surface area contributed by atoms with Crippen molar-refractivity contribution >= 4 is 16.6 Å². The van der Waals surface area contributed by atoms with E-state index in [1.807, 2.05) is 12.3 Å². The first-order valence-electron chi connectivity index (χ1n) is 7.41. The minimum Gasteiger partial charge on any atom is -0.382 e. The van der Waals surface area contributed by atoms with Crippen LogP contribution in [0.1, 0.15) is 46.0 Å². The third kappa shape index (κ3) is 3.95. The zero-order valence-electron chi connectivity index (χ0n) is 12.0. The molecule has 2 aromatic rings. The fourth-order valence-corrected chi connectivity index (χ4v) is 2.44. The summed E-state index contributed by atoms with van der Waals surface area (Å²) in [7, 11) is 0. The first kappa shape index (κ1) is 13.9. The number of hydrogen-bond acceptors (Lipinski definition) is 2. The number of hydrogen-bond donors (Lipinski definition) is 1. The van der Waals surface area contributed by atoms with Crippen LogP contribution in [0.3, 0.4) is 0 Å². The van der Waals surface area contributed by atoms with Crippen LogP contribution in [0.15, 0.2) is 36.5 Å². The number of unbranched alkanes of at least 4 members (excludes halogenated alkanes) is 3. The Morgan fingerprint density at radius 1 is 1.11 bits per heavy atom. The quantitative estimate of drug-likeness (QED) is 0.705. The highest BCUT2D eigenvalue weighted by atomic mass is 14.9. The molecular formula is C17H24N2. The van der Waals surface area contributed by atoms with Crippen LogP contribution >= 0.6 is 0 Å². The molecule has 0 aliphatic heterocycles. The maximum absolute atomic E-state index is 4.40. The molecule has 0 aliphatic carbocycles. The van der Waals surface area contributed by atoms with Crippen LogP contribution in [0.5, 0.6) is 0 Å². The molecule has 1 N–H and O–H groups in total. The number of nitrogens with zero attached hydrogens (tertiary/aromatic N) is 1. The van der Waals surface area contributed by atoms with Gasteiger partial charge in [-0.2, -0.15) is 0 Å². The van der Waals surface area contributed by atoms with Gasteiger partial charge in [-0.1, -0.05) is 38.7 Å². The first-order chi connectivity index (χ1) is 9.31. The van der Waals surface area contributed by atoms with E-state index in [-0.39, 0.29) is 0 Å². The fourth-order valence-electron chi connectivity index (χ4n) is 2.44. The molecule has 2 heteroatoms.